The lowest BCUT2D eigenvalue weighted by molar-refractivity contribution is -0.106. The van der Waals surface area contributed by atoms with Crippen molar-refractivity contribution in [3.63, 3.8) is 0 Å². The molecule has 274 valence electrons. The summed E-state index contributed by atoms with van der Waals surface area (Å²) < 4.78 is 50.0. The zero-order chi connectivity index (χ0) is 37.7. The number of ether oxygens (including phenoxy) is 1. The van der Waals surface area contributed by atoms with Gasteiger partial charge in [0, 0.05) is 55.1 Å². The fraction of sp³-hybridized carbons (Fsp3) is 0.333. The maximum absolute atomic E-state index is 15.3. The number of nitrogens with one attached hydrogen (secondary N) is 2. The summed E-state index contributed by atoms with van der Waals surface area (Å²) in [6.07, 6.45) is 1.73. The molecule has 1 aliphatic rings. The van der Waals surface area contributed by atoms with E-state index in [2.05, 4.69) is 17.2 Å². The van der Waals surface area contributed by atoms with Crippen molar-refractivity contribution in [3.05, 3.63) is 107 Å². The van der Waals surface area contributed by atoms with Crippen molar-refractivity contribution in [2.75, 3.05) is 42.3 Å². The quantitative estimate of drug-likeness (QED) is 0.116. The number of carbonyl (C=O) groups excluding carboxylic acids is 2. The van der Waals surface area contributed by atoms with Gasteiger partial charge >= 0.3 is 0 Å². The van der Waals surface area contributed by atoms with Crippen molar-refractivity contribution in [1.82, 2.24) is 20.2 Å². The van der Waals surface area contributed by atoms with E-state index in [1.54, 1.807) is 25.2 Å². The van der Waals surface area contributed by atoms with Crippen molar-refractivity contribution in [2.45, 2.75) is 58.7 Å². The highest BCUT2D eigenvalue weighted by atomic mass is 19.1. The first-order chi connectivity index (χ1) is 24.7. The Balaban J connectivity index is 1.60. The molecule has 0 atom stereocenters. The van der Waals surface area contributed by atoms with E-state index >= 15 is 8.78 Å². The molecule has 1 fully saturated rings. The van der Waals surface area contributed by atoms with E-state index in [-0.39, 0.29) is 29.9 Å². The maximum Gasteiger partial charge on any atom is 0.255 e. The molecule has 5 rings (SSSR count). The number of para-hydroxylation sites is 1. The predicted octanol–water partition coefficient (Wildman–Crippen LogP) is 7.32. The van der Waals surface area contributed by atoms with E-state index in [9.17, 15) is 14.0 Å². The standard InChI is InChI=1S/C39H44F3N7O3/c1-24-11-12-26(37(51)44-28-15-13-27(40)14-16-28)21-30(24)34-31(22-43-6)36(49(23-50)35-32(41)9-8-10-33(35)42)46-38(45-34)48-19-17-29(18-20-48)47(7)25(2)52-39(3,4)5/h8-16,21,23,29,43H,2,17-20,22H2,1,3-7H3,(H,44,51). The maximum atomic E-state index is 15.3. The molecule has 2 amide bonds. The van der Waals surface area contributed by atoms with Gasteiger partial charge in [-0.05, 0) is 108 Å². The lowest BCUT2D eigenvalue weighted by Crippen LogP contribution is -2.44. The van der Waals surface area contributed by atoms with Gasteiger partial charge in [0.25, 0.3) is 5.91 Å². The SMILES string of the molecule is C=C(OC(C)(C)C)N(C)C1CCN(c2nc(-c3cc(C(=O)Nc4ccc(F)cc4)ccc3C)c(CNC)c(N(C=O)c3c(F)cccc3F)n2)CC1. The molecule has 1 aliphatic heterocycles. The number of aromatic nitrogens is 2. The molecular formula is C39H44F3N7O3. The lowest BCUT2D eigenvalue weighted by atomic mass is 9.97. The third-order valence-electron chi connectivity index (χ3n) is 8.81. The second kappa shape index (κ2) is 15.9. The molecular weight excluding hydrogens is 671 g/mol. The van der Waals surface area contributed by atoms with Gasteiger partial charge in [0.2, 0.25) is 12.4 Å². The number of aryl methyl sites for hydroxylation is 1. The average Bonchev–Trinajstić information content (AvgIpc) is 3.10. The molecule has 1 aromatic heterocycles. The topological polar surface area (TPSA) is 103 Å². The van der Waals surface area contributed by atoms with Crippen LogP contribution >= 0.6 is 0 Å². The summed E-state index contributed by atoms with van der Waals surface area (Å²) in [7, 11) is 3.63. The van der Waals surface area contributed by atoms with Crippen LogP contribution in [0.4, 0.5) is 36.3 Å². The smallest absolute Gasteiger partial charge is 0.255 e. The minimum Gasteiger partial charge on any atom is -0.474 e. The van der Waals surface area contributed by atoms with E-state index in [0.29, 0.717) is 60.7 Å². The van der Waals surface area contributed by atoms with Crippen LogP contribution in [0.1, 0.15) is 55.1 Å². The van der Waals surface area contributed by atoms with Crippen LogP contribution in [-0.2, 0) is 16.1 Å². The van der Waals surface area contributed by atoms with Gasteiger partial charge in [-0.25, -0.2) is 18.2 Å². The number of halogens is 3. The summed E-state index contributed by atoms with van der Waals surface area (Å²) in [6, 6.07) is 14.0. The summed E-state index contributed by atoms with van der Waals surface area (Å²) in [4.78, 5) is 40.9. The fourth-order valence-electron chi connectivity index (χ4n) is 6.13. The van der Waals surface area contributed by atoms with Crippen LogP contribution in [0.3, 0.4) is 0 Å². The van der Waals surface area contributed by atoms with Crippen LogP contribution in [0.15, 0.2) is 73.1 Å². The molecule has 52 heavy (non-hydrogen) atoms. The number of anilines is 4. The molecule has 0 saturated carbocycles. The third-order valence-corrected chi connectivity index (χ3v) is 8.81. The highest BCUT2D eigenvalue weighted by molar-refractivity contribution is 6.05. The van der Waals surface area contributed by atoms with Gasteiger partial charge in [-0.3, -0.25) is 14.5 Å². The predicted molar refractivity (Wildman–Crippen MR) is 197 cm³/mol. The first-order valence-electron chi connectivity index (χ1n) is 17.0. The van der Waals surface area contributed by atoms with Gasteiger partial charge < -0.3 is 25.2 Å². The largest absolute Gasteiger partial charge is 0.474 e. The third kappa shape index (κ3) is 8.53. The minimum absolute atomic E-state index is 0.0138. The van der Waals surface area contributed by atoms with Gasteiger partial charge in [-0.1, -0.05) is 12.1 Å². The van der Waals surface area contributed by atoms with Gasteiger partial charge in [0.15, 0.2) is 11.7 Å². The number of amides is 2. The molecule has 13 heteroatoms. The summed E-state index contributed by atoms with van der Waals surface area (Å²) in [5.41, 5.74) is 1.77. The van der Waals surface area contributed by atoms with E-state index in [4.69, 9.17) is 14.7 Å². The molecule has 0 spiro atoms. The first kappa shape index (κ1) is 37.8. The van der Waals surface area contributed by atoms with Gasteiger partial charge in [-0.2, -0.15) is 4.98 Å². The Morgan fingerprint density at radius 2 is 1.69 bits per heavy atom. The molecule has 1 saturated heterocycles. The molecule has 10 nitrogen and oxygen atoms in total. The van der Waals surface area contributed by atoms with Crippen LogP contribution in [0.2, 0.25) is 0 Å². The van der Waals surface area contributed by atoms with Crippen LogP contribution in [0.5, 0.6) is 0 Å². The highest BCUT2D eigenvalue weighted by Gasteiger charge is 2.31. The molecule has 2 heterocycles. The second-order valence-electron chi connectivity index (χ2n) is 13.7. The van der Waals surface area contributed by atoms with Gasteiger partial charge in [0.1, 0.15) is 28.7 Å². The van der Waals surface area contributed by atoms with Crippen LogP contribution in [-0.4, -0.2) is 66.0 Å². The zero-order valence-corrected chi connectivity index (χ0v) is 30.3. The van der Waals surface area contributed by atoms with Crippen molar-refractivity contribution in [1.29, 1.82) is 0 Å². The first-order valence-corrected chi connectivity index (χ1v) is 17.0. The number of hydrogen-bond acceptors (Lipinski definition) is 8. The number of rotatable bonds is 12. The normalized spacial score (nSPS) is 13.4. The van der Waals surface area contributed by atoms with Crippen molar-refractivity contribution < 1.29 is 27.5 Å². The molecule has 0 radical (unpaired) electrons. The molecule has 0 aliphatic carbocycles. The Hall–Kier alpha value is -5.43. The minimum atomic E-state index is -0.943. The number of carbonyl (C=O) groups is 2. The van der Waals surface area contributed by atoms with Crippen molar-refractivity contribution in [3.8, 4) is 11.3 Å². The number of benzene rings is 3. The fourth-order valence-corrected chi connectivity index (χ4v) is 6.13. The zero-order valence-electron chi connectivity index (χ0n) is 30.3. The van der Waals surface area contributed by atoms with E-state index in [0.717, 1.165) is 22.6 Å². The van der Waals surface area contributed by atoms with Gasteiger partial charge in [0.05, 0.1) is 5.69 Å². The molecule has 3 aromatic carbocycles. The van der Waals surface area contributed by atoms with E-state index in [1.807, 2.05) is 44.5 Å². The van der Waals surface area contributed by atoms with Crippen LogP contribution in [0, 0.1) is 24.4 Å². The van der Waals surface area contributed by atoms with Gasteiger partial charge in [-0.15, -0.1) is 0 Å². The number of piperidine rings is 1. The average molecular weight is 716 g/mol. The Labute approximate surface area is 302 Å². The van der Waals surface area contributed by atoms with E-state index in [1.165, 1.54) is 30.3 Å². The number of nitrogens with zero attached hydrogens (tertiary/aromatic N) is 5. The highest BCUT2D eigenvalue weighted by Crippen LogP contribution is 2.38. The number of hydrogen-bond donors (Lipinski definition) is 2. The Morgan fingerprint density at radius 1 is 1.04 bits per heavy atom. The summed E-state index contributed by atoms with van der Waals surface area (Å²) >= 11 is 0. The van der Waals surface area contributed by atoms with Crippen LogP contribution in [0.25, 0.3) is 11.3 Å². The molecule has 0 unspecified atom stereocenters. The lowest BCUT2D eigenvalue weighted by Gasteiger charge is -2.39. The van der Waals surface area contributed by atoms with Crippen molar-refractivity contribution >= 4 is 35.5 Å². The molecule has 4 aromatic rings. The second-order valence-corrected chi connectivity index (χ2v) is 13.7. The molecule has 2 N–H and O–H groups in total. The summed E-state index contributed by atoms with van der Waals surface area (Å²) in [5.74, 6) is -1.96. The monoisotopic (exact) mass is 715 g/mol. The van der Waals surface area contributed by atoms with Crippen molar-refractivity contribution in [2.24, 2.45) is 0 Å². The summed E-state index contributed by atoms with van der Waals surface area (Å²) in [6.45, 7) is 13.0. The van der Waals surface area contributed by atoms with Crippen LogP contribution < -0.4 is 20.4 Å². The Morgan fingerprint density at radius 3 is 2.29 bits per heavy atom. The molecule has 0 bridgehead atoms. The Bertz CT molecular complexity index is 1920. The Kier molecular flexibility index (Phi) is 11.5. The van der Waals surface area contributed by atoms with E-state index < -0.39 is 34.6 Å². The summed E-state index contributed by atoms with van der Waals surface area (Å²) in [5, 5.41) is 5.85.